The normalized spacial score (nSPS) is 11.9. The quantitative estimate of drug-likeness (QED) is 0.815. The monoisotopic (exact) mass is 262 g/mol. The molecule has 0 bridgehead atoms. The minimum atomic E-state index is -1.06. The summed E-state index contributed by atoms with van der Waals surface area (Å²) in [6.45, 7) is 3.83. The highest BCUT2D eigenvalue weighted by Gasteiger charge is 2.12. The molecule has 0 aromatic heterocycles. The number of rotatable bonds is 7. The van der Waals surface area contributed by atoms with Crippen LogP contribution in [0.5, 0.6) is 0 Å². The lowest BCUT2D eigenvalue weighted by molar-refractivity contribution is -0.312. The van der Waals surface area contributed by atoms with Crippen molar-refractivity contribution < 1.29 is 14.7 Å². The van der Waals surface area contributed by atoms with E-state index >= 15 is 0 Å². The zero-order chi connectivity index (χ0) is 14.3. The molecule has 0 aliphatic carbocycles. The predicted molar refractivity (Wildman–Crippen MR) is 72.4 cm³/mol. The molecule has 0 unspecified atom stereocenters. The summed E-state index contributed by atoms with van der Waals surface area (Å²) in [4.78, 5) is 22.6. The average molecular weight is 262 g/mol. The molecule has 1 aromatic carbocycles. The number of carboxylic acids is 1. The van der Waals surface area contributed by atoms with E-state index in [4.69, 9.17) is 0 Å². The Hall–Kier alpha value is -1.84. The summed E-state index contributed by atoms with van der Waals surface area (Å²) >= 11 is 0. The Balaban J connectivity index is 2.47. The van der Waals surface area contributed by atoms with Crippen LogP contribution in [0.2, 0.25) is 0 Å². The average Bonchev–Trinajstić information content (AvgIpc) is 2.37. The minimum absolute atomic E-state index is 0.156. The number of carboxylic acid groups (broad SMARTS) is 1. The molecule has 1 amide bonds. The maximum absolute atomic E-state index is 11.8. The molecule has 0 spiro atoms. The second-order valence-electron chi connectivity index (χ2n) is 4.71. The number of nitrogens with one attached hydrogen (secondary N) is 1. The molecule has 4 heteroatoms. The van der Waals surface area contributed by atoms with E-state index in [0.717, 1.165) is 17.7 Å². The third-order valence-corrected chi connectivity index (χ3v) is 3.11. The van der Waals surface area contributed by atoms with Crippen LogP contribution in [0.15, 0.2) is 24.3 Å². The second kappa shape index (κ2) is 7.56. The Bertz CT molecular complexity index is 443. The smallest absolute Gasteiger partial charge is 0.224 e. The van der Waals surface area contributed by atoms with Gasteiger partial charge in [-0.15, -0.1) is 0 Å². The van der Waals surface area contributed by atoms with Gasteiger partial charge < -0.3 is 15.2 Å². The van der Waals surface area contributed by atoms with Crippen molar-refractivity contribution in [1.82, 2.24) is 0 Å². The Morgan fingerprint density at radius 3 is 2.53 bits per heavy atom. The van der Waals surface area contributed by atoms with E-state index in [1.807, 2.05) is 38.1 Å². The van der Waals surface area contributed by atoms with Gasteiger partial charge in [0.1, 0.15) is 0 Å². The molecule has 0 saturated carbocycles. The number of hydrogen-bond donors (Lipinski definition) is 1. The summed E-state index contributed by atoms with van der Waals surface area (Å²) in [6.07, 6.45) is 1.86. The zero-order valence-corrected chi connectivity index (χ0v) is 11.4. The first-order chi connectivity index (χ1) is 9.04. The number of benzene rings is 1. The van der Waals surface area contributed by atoms with Gasteiger partial charge in [-0.25, -0.2) is 0 Å². The third kappa shape index (κ3) is 5.12. The van der Waals surface area contributed by atoms with E-state index in [9.17, 15) is 14.7 Å². The van der Waals surface area contributed by atoms with Gasteiger partial charge in [0, 0.05) is 18.1 Å². The zero-order valence-electron chi connectivity index (χ0n) is 11.4. The summed E-state index contributed by atoms with van der Waals surface area (Å²) in [6, 6.07) is 7.49. The van der Waals surface area contributed by atoms with Crippen molar-refractivity contribution in [1.29, 1.82) is 0 Å². The molecule has 104 valence electrons. The summed E-state index contributed by atoms with van der Waals surface area (Å²) in [5, 5.41) is 13.7. The van der Waals surface area contributed by atoms with Crippen LogP contribution >= 0.6 is 0 Å². The van der Waals surface area contributed by atoms with Gasteiger partial charge in [-0.05, 0) is 37.3 Å². The molecule has 1 aromatic rings. The minimum Gasteiger partial charge on any atom is -0.550 e. The maximum atomic E-state index is 11.8. The molecule has 0 aliphatic rings. The molecular weight excluding hydrogens is 242 g/mol. The molecule has 0 aliphatic heterocycles. The van der Waals surface area contributed by atoms with Crippen LogP contribution in [-0.2, 0) is 9.59 Å². The number of carbonyl (C=O) groups excluding carboxylic acids is 2. The van der Waals surface area contributed by atoms with Gasteiger partial charge in [-0.2, -0.15) is 0 Å². The fourth-order valence-electron chi connectivity index (χ4n) is 1.96. The van der Waals surface area contributed by atoms with E-state index < -0.39 is 11.9 Å². The van der Waals surface area contributed by atoms with Crippen molar-refractivity contribution in [3.8, 4) is 0 Å². The Morgan fingerprint density at radius 1 is 1.26 bits per heavy atom. The Labute approximate surface area is 113 Å². The van der Waals surface area contributed by atoms with Crippen LogP contribution in [0, 0.1) is 12.8 Å². The van der Waals surface area contributed by atoms with Gasteiger partial charge in [0.2, 0.25) is 5.91 Å². The van der Waals surface area contributed by atoms with Crippen LogP contribution in [0.4, 0.5) is 5.69 Å². The van der Waals surface area contributed by atoms with Crippen LogP contribution in [0.25, 0.3) is 0 Å². The van der Waals surface area contributed by atoms with Crippen molar-refractivity contribution in [2.75, 3.05) is 5.32 Å². The summed E-state index contributed by atoms with van der Waals surface area (Å²) in [5.74, 6) is -1.75. The first kappa shape index (κ1) is 15.2. The van der Waals surface area contributed by atoms with Crippen LogP contribution in [-0.4, -0.2) is 11.9 Å². The first-order valence-corrected chi connectivity index (χ1v) is 6.61. The third-order valence-electron chi connectivity index (χ3n) is 3.11. The maximum Gasteiger partial charge on any atom is 0.224 e. The van der Waals surface area contributed by atoms with Crippen molar-refractivity contribution in [3.05, 3.63) is 29.8 Å². The molecule has 4 nitrogen and oxygen atoms in total. The first-order valence-electron chi connectivity index (χ1n) is 6.61. The highest BCUT2D eigenvalue weighted by Crippen LogP contribution is 2.16. The van der Waals surface area contributed by atoms with Gasteiger partial charge in [-0.3, -0.25) is 4.79 Å². The van der Waals surface area contributed by atoms with Crippen molar-refractivity contribution in [2.24, 2.45) is 5.92 Å². The van der Waals surface area contributed by atoms with Crippen LogP contribution in [0.3, 0.4) is 0 Å². The fraction of sp³-hybridized carbons (Fsp3) is 0.467. The lowest BCUT2D eigenvalue weighted by Crippen LogP contribution is -2.32. The van der Waals surface area contributed by atoms with Crippen molar-refractivity contribution >= 4 is 17.6 Å². The molecule has 19 heavy (non-hydrogen) atoms. The molecule has 1 rings (SSSR count). The van der Waals surface area contributed by atoms with Crippen molar-refractivity contribution in [2.45, 2.75) is 39.5 Å². The molecule has 1 N–H and O–H groups in total. The molecule has 1 atom stereocenters. The fourth-order valence-corrected chi connectivity index (χ4v) is 1.96. The van der Waals surface area contributed by atoms with Crippen molar-refractivity contribution in [3.63, 3.8) is 0 Å². The summed E-state index contributed by atoms with van der Waals surface area (Å²) in [5.41, 5.74) is 1.76. The van der Waals surface area contributed by atoms with Crippen LogP contribution in [0.1, 0.15) is 38.2 Å². The van der Waals surface area contributed by atoms with E-state index in [0.29, 0.717) is 12.8 Å². The van der Waals surface area contributed by atoms with Gasteiger partial charge in [-0.1, -0.05) is 31.5 Å². The topological polar surface area (TPSA) is 69.2 Å². The van der Waals surface area contributed by atoms with E-state index in [-0.39, 0.29) is 12.3 Å². The number of anilines is 1. The number of aryl methyl sites for hydroxylation is 1. The highest BCUT2D eigenvalue weighted by molar-refractivity contribution is 5.91. The van der Waals surface area contributed by atoms with Gasteiger partial charge in [0.25, 0.3) is 0 Å². The van der Waals surface area contributed by atoms with Crippen LogP contribution < -0.4 is 10.4 Å². The predicted octanol–water partition coefficient (Wildman–Crippen LogP) is 1.88. The largest absolute Gasteiger partial charge is 0.550 e. The Morgan fingerprint density at radius 2 is 1.95 bits per heavy atom. The standard InChI is InChI=1S/C15H21NO3/c1-3-6-12(15(18)19)9-10-14(17)16-13-8-5-4-7-11(13)2/h4-5,7-8,12H,3,6,9-10H2,1-2H3,(H,16,17)(H,18,19)/p-1/t12-/m0/s1. The SMILES string of the molecule is CCC[C@@H](CCC(=O)Nc1ccccc1C)C(=O)[O-]. The molecule has 0 fully saturated rings. The number of amides is 1. The molecular formula is C15H20NO3-. The number of para-hydroxylation sites is 1. The Kier molecular flexibility index (Phi) is 6.06. The number of aliphatic carboxylic acids is 1. The van der Waals surface area contributed by atoms with Gasteiger partial charge in [0.05, 0.1) is 0 Å². The molecule has 0 radical (unpaired) electrons. The lowest BCUT2D eigenvalue weighted by Gasteiger charge is -2.16. The highest BCUT2D eigenvalue weighted by atomic mass is 16.4. The van der Waals surface area contributed by atoms with Gasteiger partial charge in [0.15, 0.2) is 0 Å². The molecule has 0 saturated heterocycles. The number of hydrogen-bond acceptors (Lipinski definition) is 3. The van der Waals surface area contributed by atoms with Gasteiger partial charge >= 0.3 is 0 Å². The summed E-state index contributed by atoms with van der Waals surface area (Å²) < 4.78 is 0. The van der Waals surface area contributed by atoms with E-state index in [1.165, 1.54) is 0 Å². The number of carbonyl (C=O) groups is 2. The molecule has 0 heterocycles. The van der Waals surface area contributed by atoms with E-state index in [1.54, 1.807) is 0 Å². The summed E-state index contributed by atoms with van der Waals surface area (Å²) in [7, 11) is 0. The lowest BCUT2D eigenvalue weighted by atomic mass is 9.98. The second-order valence-corrected chi connectivity index (χ2v) is 4.71. The van der Waals surface area contributed by atoms with E-state index in [2.05, 4.69) is 5.32 Å².